The SMILES string of the molecule is CNCC1CCCCC1.O=CCNC1CCC(CNC(=O)c2cc(C(F)(F)F)cc(C(F)(F)F)c2)CC1. The summed E-state index contributed by atoms with van der Waals surface area (Å²) in [5, 5.41) is 8.73. The van der Waals surface area contributed by atoms with E-state index in [0.29, 0.717) is 12.1 Å². The van der Waals surface area contributed by atoms with Gasteiger partial charge in [0.15, 0.2) is 0 Å². The summed E-state index contributed by atoms with van der Waals surface area (Å²) in [5.41, 5.74) is -3.72. The number of carbonyl (C=O) groups excluding carboxylic acids is 2. The molecule has 3 rings (SSSR count). The van der Waals surface area contributed by atoms with Crippen LogP contribution >= 0.6 is 0 Å². The van der Waals surface area contributed by atoms with Crippen LogP contribution in [0.3, 0.4) is 0 Å². The molecule has 2 aliphatic carbocycles. The van der Waals surface area contributed by atoms with Crippen LogP contribution in [0.15, 0.2) is 18.2 Å². The van der Waals surface area contributed by atoms with Crippen molar-refractivity contribution in [1.29, 1.82) is 0 Å². The fourth-order valence-electron chi connectivity index (χ4n) is 4.89. The molecule has 1 aromatic carbocycles. The molecule has 210 valence electrons. The molecule has 0 radical (unpaired) electrons. The Balaban J connectivity index is 0.000000449. The Labute approximate surface area is 214 Å². The van der Waals surface area contributed by atoms with E-state index in [9.17, 15) is 35.9 Å². The largest absolute Gasteiger partial charge is 0.416 e. The summed E-state index contributed by atoms with van der Waals surface area (Å²) in [4.78, 5) is 22.5. The fourth-order valence-corrected chi connectivity index (χ4v) is 4.89. The highest BCUT2D eigenvalue weighted by atomic mass is 19.4. The van der Waals surface area contributed by atoms with Gasteiger partial charge < -0.3 is 20.7 Å². The average molecular weight is 538 g/mol. The van der Waals surface area contributed by atoms with Gasteiger partial charge in [-0.25, -0.2) is 0 Å². The van der Waals surface area contributed by atoms with E-state index in [1.807, 2.05) is 0 Å². The van der Waals surface area contributed by atoms with Crippen LogP contribution in [0.25, 0.3) is 0 Å². The van der Waals surface area contributed by atoms with E-state index in [1.165, 1.54) is 38.6 Å². The number of aldehydes is 1. The standard InChI is InChI=1S/C18H20F6N2O2.C8H17N/c19-17(20,21)13-7-12(8-14(9-13)18(22,23)24)16(28)26-10-11-1-3-15(4-2-11)25-5-6-27;1-9-7-8-5-3-2-4-6-8/h6-9,11,15,25H,1-5,10H2,(H,26,28);8-9H,2-7H2,1H3. The van der Waals surface area contributed by atoms with Crippen molar-refractivity contribution in [2.75, 3.05) is 26.7 Å². The van der Waals surface area contributed by atoms with Gasteiger partial charge in [-0.1, -0.05) is 19.3 Å². The maximum Gasteiger partial charge on any atom is 0.416 e. The third kappa shape index (κ3) is 11.0. The zero-order valence-electron chi connectivity index (χ0n) is 21.1. The highest BCUT2D eigenvalue weighted by Crippen LogP contribution is 2.36. The predicted octanol–water partition coefficient (Wildman–Crippen LogP) is 5.59. The number of carbonyl (C=O) groups is 2. The number of alkyl halides is 6. The first-order valence-corrected chi connectivity index (χ1v) is 12.8. The van der Waals surface area contributed by atoms with Crippen molar-refractivity contribution in [1.82, 2.24) is 16.0 Å². The lowest BCUT2D eigenvalue weighted by molar-refractivity contribution is -0.143. The van der Waals surface area contributed by atoms with Gasteiger partial charge in [0, 0.05) is 18.2 Å². The molecule has 0 atom stereocenters. The normalized spacial score (nSPS) is 21.1. The van der Waals surface area contributed by atoms with Crippen LogP contribution in [0.2, 0.25) is 0 Å². The van der Waals surface area contributed by atoms with Crippen molar-refractivity contribution in [3.63, 3.8) is 0 Å². The van der Waals surface area contributed by atoms with Crippen LogP contribution in [0.1, 0.15) is 79.3 Å². The van der Waals surface area contributed by atoms with Gasteiger partial charge in [0.05, 0.1) is 17.7 Å². The molecular weight excluding hydrogens is 500 g/mol. The number of benzene rings is 1. The molecule has 2 saturated carbocycles. The molecule has 0 bridgehead atoms. The van der Waals surface area contributed by atoms with E-state index in [4.69, 9.17) is 0 Å². The third-order valence-electron chi connectivity index (χ3n) is 6.96. The second-order valence-electron chi connectivity index (χ2n) is 9.86. The van der Waals surface area contributed by atoms with Crippen LogP contribution in [-0.4, -0.2) is 44.9 Å². The number of nitrogens with one attached hydrogen (secondary N) is 3. The molecule has 11 heteroatoms. The third-order valence-corrected chi connectivity index (χ3v) is 6.96. The molecule has 0 heterocycles. The Kier molecular flexibility index (Phi) is 12.4. The average Bonchev–Trinajstić information content (AvgIpc) is 2.86. The Bertz CT molecular complexity index is 811. The Morgan fingerprint density at radius 3 is 1.86 bits per heavy atom. The smallest absolute Gasteiger partial charge is 0.352 e. The summed E-state index contributed by atoms with van der Waals surface area (Å²) in [7, 11) is 2.05. The molecule has 0 saturated heterocycles. The van der Waals surface area contributed by atoms with E-state index >= 15 is 0 Å². The first-order valence-electron chi connectivity index (χ1n) is 12.8. The molecule has 37 heavy (non-hydrogen) atoms. The van der Waals surface area contributed by atoms with Crippen LogP contribution in [0.4, 0.5) is 26.3 Å². The summed E-state index contributed by atoms with van der Waals surface area (Å²) in [6.07, 6.45) is 1.09. The van der Waals surface area contributed by atoms with Gasteiger partial charge in [0.25, 0.3) is 5.91 Å². The van der Waals surface area contributed by atoms with Crippen LogP contribution in [-0.2, 0) is 17.1 Å². The molecule has 0 spiro atoms. The zero-order chi connectivity index (χ0) is 27.5. The highest BCUT2D eigenvalue weighted by Gasteiger charge is 2.37. The highest BCUT2D eigenvalue weighted by molar-refractivity contribution is 5.94. The van der Waals surface area contributed by atoms with Crippen molar-refractivity contribution in [2.45, 2.75) is 76.2 Å². The molecule has 1 amide bonds. The van der Waals surface area contributed by atoms with Gasteiger partial charge in [0.1, 0.15) is 6.29 Å². The summed E-state index contributed by atoms with van der Waals surface area (Å²) in [6, 6.07) is 1.02. The summed E-state index contributed by atoms with van der Waals surface area (Å²) in [6.45, 7) is 1.65. The Morgan fingerprint density at radius 2 is 1.38 bits per heavy atom. The quantitative estimate of drug-likeness (QED) is 0.299. The van der Waals surface area contributed by atoms with Gasteiger partial charge in [-0.05, 0) is 82.2 Å². The molecule has 1 aromatic rings. The Morgan fingerprint density at radius 1 is 0.838 bits per heavy atom. The van der Waals surface area contributed by atoms with E-state index in [-0.39, 0.29) is 31.1 Å². The lowest BCUT2D eigenvalue weighted by atomic mass is 9.86. The van der Waals surface area contributed by atoms with Crippen LogP contribution < -0.4 is 16.0 Å². The first kappa shape index (κ1) is 31.1. The van der Waals surface area contributed by atoms with Gasteiger partial charge in [0.2, 0.25) is 0 Å². The summed E-state index contributed by atoms with van der Waals surface area (Å²) < 4.78 is 77.2. The van der Waals surface area contributed by atoms with E-state index < -0.39 is 35.0 Å². The summed E-state index contributed by atoms with van der Waals surface area (Å²) >= 11 is 0. The van der Waals surface area contributed by atoms with E-state index in [0.717, 1.165) is 37.9 Å². The zero-order valence-corrected chi connectivity index (χ0v) is 21.1. The minimum atomic E-state index is -5.00. The second kappa shape index (κ2) is 14.7. The van der Waals surface area contributed by atoms with Gasteiger partial charge >= 0.3 is 12.4 Å². The lowest BCUT2D eigenvalue weighted by Crippen LogP contribution is -2.37. The maximum atomic E-state index is 12.9. The minimum absolute atomic E-state index is 0.00954. The van der Waals surface area contributed by atoms with Crippen molar-refractivity contribution >= 4 is 12.2 Å². The topological polar surface area (TPSA) is 70.2 Å². The van der Waals surface area contributed by atoms with Crippen molar-refractivity contribution in [3.8, 4) is 0 Å². The van der Waals surface area contributed by atoms with E-state index in [2.05, 4.69) is 23.0 Å². The minimum Gasteiger partial charge on any atom is -0.352 e. The molecule has 0 aromatic heterocycles. The molecule has 5 nitrogen and oxygen atoms in total. The predicted molar refractivity (Wildman–Crippen MR) is 129 cm³/mol. The fraction of sp³-hybridized carbons (Fsp3) is 0.692. The first-order chi connectivity index (χ1) is 17.4. The molecule has 0 unspecified atom stereocenters. The van der Waals surface area contributed by atoms with Gasteiger partial charge in [-0.2, -0.15) is 26.3 Å². The van der Waals surface area contributed by atoms with Crippen molar-refractivity contribution < 1.29 is 35.9 Å². The Hall–Kier alpha value is -2.14. The molecule has 2 fully saturated rings. The molecule has 0 aliphatic heterocycles. The lowest BCUT2D eigenvalue weighted by Gasteiger charge is -2.28. The molecule has 3 N–H and O–H groups in total. The van der Waals surface area contributed by atoms with Crippen molar-refractivity contribution in [3.05, 3.63) is 34.9 Å². The number of amides is 1. The number of hydrogen-bond donors (Lipinski definition) is 3. The maximum absolute atomic E-state index is 12.9. The van der Waals surface area contributed by atoms with Crippen molar-refractivity contribution in [2.24, 2.45) is 11.8 Å². The number of hydrogen-bond acceptors (Lipinski definition) is 4. The number of halogens is 6. The molecule has 2 aliphatic rings. The monoisotopic (exact) mass is 537 g/mol. The number of rotatable bonds is 8. The summed E-state index contributed by atoms with van der Waals surface area (Å²) in [5.74, 6) is 0.0904. The van der Waals surface area contributed by atoms with Gasteiger partial charge in [-0.3, -0.25) is 4.79 Å². The van der Waals surface area contributed by atoms with Gasteiger partial charge in [-0.15, -0.1) is 0 Å². The van der Waals surface area contributed by atoms with E-state index in [1.54, 1.807) is 0 Å². The van der Waals surface area contributed by atoms with Crippen LogP contribution in [0.5, 0.6) is 0 Å². The van der Waals surface area contributed by atoms with Crippen LogP contribution in [0, 0.1) is 11.8 Å². The molecular formula is C26H37F6N3O2. The second-order valence-corrected chi connectivity index (χ2v) is 9.86.